The Balaban J connectivity index is 2.08. The molecule has 1 heterocycles. The van der Waals surface area contributed by atoms with Crippen LogP contribution in [-0.4, -0.2) is 19.4 Å². The largest absolute Gasteiger partial charge is 0.573 e. The SMILES string of the molecule is COc1coc(C(=O)Nc2ccc(OC(F)(F)F)cc2)cc1=O. The number of hydrogen-bond donors (Lipinski definition) is 1. The maximum Gasteiger partial charge on any atom is 0.573 e. The van der Waals surface area contributed by atoms with Crippen LogP contribution >= 0.6 is 0 Å². The van der Waals surface area contributed by atoms with Gasteiger partial charge in [-0.1, -0.05) is 0 Å². The zero-order valence-electron chi connectivity index (χ0n) is 11.6. The van der Waals surface area contributed by atoms with Crippen molar-refractivity contribution in [1.29, 1.82) is 0 Å². The molecular formula is C14H10F3NO5. The minimum Gasteiger partial charge on any atom is -0.490 e. The predicted octanol–water partition coefficient (Wildman–Crippen LogP) is 2.80. The van der Waals surface area contributed by atoms with Crippen LogP contribution in [0.5, 0.6) is 11.5 Å². The number of nitrogens with one attached hydrogen (secondary N) is 1. The van der Waals surface area contributed by atoms with Gasteiger partial charge in [0, 0.05) is 11.8 Å². The van der Waals surface area contributed by atoms with Crippen molar-refractivity contribution >= 4 is 11.6 Å². The van der Waals surface area contributed by atoms with Crippen LogP contribution in [0.2, 0.25) is 0 Å². The minimum absolute atomic E-state index is 0.0600. The third kappa shape index (κ3) is 4.50. The molecule has 0 saturated carbocycles. The van der Waals surface area contributed by atoms with E-state index in [4.69, 9.17) is 9.15 Å². The maximum absolute atomic E-state index is 12.0. The van der Waals surface area contributed by atoms with Gasteiger partial charge in [0.25, 0.3) is 5.91 Å². The van der Waals surface area contributed by atoms with Gasteiger partial charge in [-0.05, 0) is 24.3 Å². The van der Waals surface area contributed by atoms with Gasteiger partial charge in [0.1, 0.15) is 12.0 Å². The van der Waals surface area contributed by atoms with Crippen LogP contribution in [0, 0.1) is 0 Å². The molecular weight excluding hydrogens is 319 g/mol. The lowest BCUT2D eigenvalue weighted by Gasteiger charge is -2.09. The maximum atomic E-state index is 12.0. The Morgan fingerprint density at radius 2 is 1.87 bits per heavy atom. The summed E-state index contributed by atoms with van der Waals surface area (Å²) in [5.41, 5.74) is -0.346. The molecule has 1 amide bonds. The monoisotopic (exact) mass is 329 g/mol. The molecule has 0 atom stereocenters. The number of hydrogen-bond acceptors (Lipinski definition) is 5. The molecule has 0 radical (unpaired) electrons. The molecule has 0 aliphatic rings. The van der Waals surface area contributed by atoms with Gasteiger partial charge >= 0.3 is 6.36 Å². The smallest absolute Gasteiger partial charge is 0.490 e. The minimum atomic E-state index is -4.79. The lowest BCUT2D eigenvalue weighted by atomic mass is 10.3. The average Bonchev–Trinajstić information content (AvgIpc) is 2.47. The normalized spacial score (nSPS) is 11.0. The first-order valence-corrected chi connectivity index (χ1v) is 6.12. The van der Waals surface area contributed by atoms with Gasteiger partial charge in [-0.15, -0.1) is 13.2 Å². The molecule has 9 heteroatoms. The number of methoxy groups -OCH3 is 1. The molecule has 1 aromatic heterocycles. The molecule has 122 valence electrons. The van der Waals surface area contributed by atoms with Crippen molar-refractivity contribution in [2.45, 2.75) is 6.36 Å². The van der Waals surface area contributed by atoms with E-state index in [0.717, 1.165) is 24.5 Å². The van der Waals surface area contributed by atoms with E-state index >= 15 is 0 Å². The van der Waals surface area contributed by atoms with Crippen LogP contribution in [0.4, 0.5) is 18.9 Å². The highest BCUT2D eigenvalue weighted by Gasteiger charge is 2.30. The standard InChI is InChI=1S/C14H10F3NO5/c1-21-12-7-22-11(6-10(12)19)13(20)18-8-2-4-9(5-3-8)23-14(15,16)17/h2-7H,1H3,(H,18,20). The van der Waals surface area contributed by atoms with Gasteiger partial charge in [0.15, 0.2) is 5.76 Å². The molecule has 0 aliphatic carbocycles. The van der Waals surface area contributed by atoms with Crippen LogP contribution in [-0.2, 0) is 0 Å². The second-order valence-corrected chi connectivity index (χ2v) is 4.20. The van der Waals surface area contributed by atoms with Crippen molar-refractivity contribution in [3.8, 4) is 11.5 Å². The Bertz CT molecular complexity index is 752. The van der Waals surface area contributed by atoms with E-state index < -0.39 is 23.4 Å². The van der Waals surface area contributed by atoms with Gasteiger partial charge in [0.2, 0.25) is 11.2 Å². The quantitative estimate of drug-likeness (QED) is 0.933. The molecule has 1 N–H and O–H groups in total. The first kappa shape index (κ1) is 16.4. The van der Waals surface area contributed by atoms with E-state index in [2.05, 4.69) is 10.1 Å². The first-order chi connectivity index (χ1) is 10.8. The predicted molar refractivity (Wildman–Crippen MR) is 72.6 cm³/mol. The number of rotatable bonds is 4. The van der Waals surface area contributed by atoms with Gasteiger partial charge in [-0.3, -0.25) is 9.59 Å². The van der Waals surface area contributed by atoms with Crippen LogP contribution in [0.1, 0.15) is 10.6 Å². The number of halogens is 3. The van der Waals surface area contributed by atoms with Gasteiger partial charge < -0.3 is 19.2 Å². The van der Waals surface area contributed by atoms with E-state index in [9.17, 15) is 22.8 Å². The number of benzene rings is 1. The molecule has 0 bridgehead atoms. The molecule has 1 aromatic carbocycles. The summed E-state index contributed by atoms with van der Waals surface area (Å²) >= 11 is 0. The fourth-order valence-electron chi connectivity index (χ4n) is 1.60. The summed E-state index contributed by atoms with van der Waals surface area (Å²) in [6.45, 7) is 0. The molecule has 0 saturated heterocycles. The Morgan fingerprint density at radius 1 is 1.22 bits per heavy atom. The van der Waals surface area contributed by atoms with Crippen molar-refractivity contribution in [1.82, 2.24) is 0 Å². The third-order valence-electron chi connectivity index (χ3n) is 2.59. The Hall–Kier alpha value is -2.97. The van der Waals surface area contributed by atoms with Crippen molar-refractivity contribution in [2.75, 3.05) is 12.4 Å². The lowest BCUT2D eigenvalue weighted by Crippen LogP contribution is -2.17. The van der Waals surface area contributed by atoms with Crippen molar-refractivity contribution < 1.29 is 31.9 Å². The molecule has 0 aliphatic heterocycles. The molecule has 0 fully saturated rings. The third-order valence-corrected chi connectivity index (χ3v) is 2.59. The summed E-state index contributed by atoms with van der Waals surface area (Å²) in [7, 11) is 1.27. The summed E-state index contributed by atoms with van der Waals surface area (Å²) in [5.74, 6) is -1.50. The lowest BCUT2D eigenvalue weighted by molar-refractivity contribution is -0.274. The average molecular weight is 329 g/mol. The highest BCUT2D eigenvalue weighted by Crippen LogP contribution is 2.24. The summed E-state index contributed by atoms with van der Waals surface area (Å²) in [6.07, 6.45) is -3.81. The second kappa shape index (κ2) is 6.42. The number of amides is 1. The number of alkyl halides is 3. The van der Waals surface area contributed by atoms with Crippen molar-refractivity contribution in [3.63, 3.8) is 0 Å². The fraction of sp³-hybridized carbons (Fsp3) is 0.143. The Morgan fingerprint density at radius 3 is 2.39 bits per heavy atom. The van der Waals surface area contributed by atoms with Gasteiger partial charge in [-0.25, -0.2) is 0 Å². The number of carbonyl (C=O) groups excluding carboxylic acids is 1. The van der Waals surface area contributed by atoms with Crippen molar-refractivity contribution in [3.05, 3.63) is 52.6 Å². The van der Waals surface area contributed by atoms with E-state index in [-0.39, 0.29) is 17.2 Å². The molecule has 6 nitrogen and oxygen atoms in total. The molecule has 23 heavy (non-hydrogen) atoms. The number of ether oxygens (including phenoxy) is 2. The highest BCUT2D eigenvalue weighted by atomic mass is 19.4. The van der Waals surface area contributed by atoms with E-state index in [1.165, 1.54) is 19.2 Å². The van der Waals surface area contributed by atoms with E-state index in [1.807, 2.05) is 0 Å². The molecule has 0 spiro atoms. The van der Waals surface area contributed by atoms with Crippen molar-refractivity contribution in [2.24, 2.45) is 0 Å². The number of anilines is 1. The summed E-state index contributed by atoms with van der Waals surface area (Å²) in [6, 6.07) is 5.43. The Labute approximate surface area is 127 Å². The highest BCUT2D eigenvalue weighted by molar-refractivity contribution is 6.02. The van der Waals surface area contributed by atoms with Crippen LogP contribution < -0.4 is 20.2 Å². The molecule has 0 unspecified atom stereocenters. The molecule has 2 aromatic rings. The van der Waals surface area contributed by atoms with Gasteiger partial charge in [-0.2, -0.15) is 0 Å². The van der Waals surface area contributed by atoms with Crippen LogP contribution in [0.25, 0.3) is 0 Å². The second-order valence-electron chi connectivity index (χ2n) is 4.20. The summed E-state index contributed by atoms with van der Waals surface area (Å²) in [5, 5.41) is 2.36. The Kier molecular flexibility index (Phi) is 4.58. The molecule has 2 rings (SSSR count). The van der Waals surface area contributed by atoms with E-state index in [1.54, 1.807) is 0 Å². The zero-order valence-corrected chi connectivity index (χ0v) is 11.6. The first-order valence-electron chi connectivity index (χ1n) is 6.12. The zero-order chi connectivity index (χ0) is 17.0. The van der Waals surface area contributed by atoms with Crippen LogP contribution in [0.15, 0.2) is 45.8 Å². The number of carbonyl (C=O) groups is 1. The van der Waals surface area contributed by atoms with Gasteiger partial charge in [0.05, 0.1) is 7.11 Å². The fourth-order valence-corrected chi connectivity index (χ4v) is 1.60. The topological polar surface area (TPSA) is 77.8 Å². The van der Waals surface area contributed by atoms with E-state index in [0.29, 0.717) is 0 Å². The summed E-state index contributed by atoms with van der Waals surface area (Å²) in [4.78, 5) is 23.4. The summed E-state index contributed by atoms with van der Waals surface area (Å²) < 4.78 is 49.4. The van der Waals surface area contributed by atoms with Crippen LogP contribution in [0.3, 0.4) is 0 Å².